The van der Waals surface area contributed by atoms with E-state index >= 15 is 0 Å². The summed E-state index contributed by atoms with van der Waals surface area (Å²) >= 11 is 5.90. The number of amides is 1. The first-order chi connectivity index (χ1) is 16.7. The van der Waals surface area contributed by atoms with Gasteiger partial charge in [0.1, 0.15) is 12.3 Å². The molecule has 0 saturated carbocycles. The first-order valence-electron chi connectivity index (χ1n) is 10.6. The molecule has 0 unspecified atom stereocenters. The van der Waals surface area contributed by atoms with Crippen LogP contribution >= 0.6 is 11.6 Å². The summed E-state index contributed by atoms with van der Waals surface area (Å²) in [4.78, 5) is 15.0. The number of nitrogens with one attached hydrogen (secondary N) is 2. The standard InChI is InChI=1S/C25H23ClN4O4S/c1-17-3-10-22(11-4-17)35(32,33)29-27-14-18-15-30(24-12-9-21(34-2)13-23(18)24)16-25(31)28-20-7-5-19(26)6-8-20/h3-15,29H,16H2,1-2H3,(H,28,31)/b27-14-. The Morgan fingerprint density at radius 2 is 1.80 bits per heavy atom. The van der Waals surface area contributed by atoms with Crippen LogP contribution in [0.25, 0.3) is 10.9 Å². The van der Waals surface area contributed by atoms with Gasteiger partial charge in [0.2, 0.25) is 5.91 Å². The molecular weight excluding hydrogens is 488 g/mol. The highest BCUT2D eigenvalue weighted by atomic mass is 35.5. The number of methoxy groups -OCH3 is 1. The Hall–Kier alpha value is -3.82. The van der Waals surface area contributed by atoms with Gasteiger partial charge in [0, 0.05) is 33.4 Å². The molecule has 0 aliphatic carbocycles. The molecule has 4 aromatic rings. The van der Waals surface area contributed by atoms with Gasteiger partial charge in [-0.05, 0) is 61.5 Å². The van der Waals surface area contributed by atoms with Gasteiger partial charge in [-0.15, -0.1) is 0 Å². The van der Waals surface area contributed by atoms with Crippen molar-refractivity contribution in [3.05, 3.63) is 89.1 Å². The second kappa shape index (κ2) is 10.2. The minimum Gasteiger partial charge on any atom is -0.497 e. The van der Waals surface area contributed by atoms with Gasteiger partial charge in [-0.3, -0.25) is 4.79 Å². The lowest BCUT2D eigenvalue weighted by Crippen LogP contribution is -2.18. The van der Waals surface area contributed by atoms with Crippen molar-refractivity contribution in [3.63, 3.8) is 0 Å². The van der Waals surface area contributed by atoms with Crippen molar-refractivity contribution in [3.8, 4) is 5.75 Å². The number of hydrogen-bond acceptors (Lipinski definition) is 5. The number of carbonyl (C=O) groups is 1. The van der Waals surface area contributed by atoms with Gasteiger partial charge in [0.05, 0.1) is 18.2 Å². The summed E-state index contributed by atoms with van der Waals surface area (Å²) in [7, 11) is -2.26. The first kappa shape index (κ1) is 24.3. The van der Waals surface area contributed by atoms with Crippen LogP contribution < -0.4 is 14.9 Å². The number of nitrogens with zero attached hydrogens (tertiary/aromatic N) is 2. The van der Waals surface area contributed by atoms with Gasteiger partial charge >= 0.3 is 0 Å². The molecule has 0 spiro atoms. The highest BCUT2D eigenvalue weighted by Gasteiger charge is 2.14. The third-order valence-electron chi connectivity index (χ3n) is 5.27. The summed E-state index contributed by atoms with van der Waals surface area (Å²) in [5, 5.41) is 8.12. The molecule has 1 amide bonds. The number of carbonyl (C=O) groups excluding carboxylic acids is 1. The number of sulfonamides is 1. The van der Waals surface area contributed by atoms with E-state index in [0.717, 1.165) is 16.5 Å². The number of fused-ring (bicyclic) bond motifs is 1. The third kappa shape index (κ3) is 5.82. The molecule has 0 aliphatic heterocycles. The van der Waals surface area contributed by atoms with Crippen LogP contribution in [-0.2, 0) is 21.4 Å². The topological polar surface area (TPSA) is 102 Å². The molecule has 0 fully saturated rings. The van der Waals surface area contributed by atoms with Crippen LogP contribution in [-0.4, -0.2) is 32.2 Å². The summed E-state index contributed by atoms with van der Waals surface area (Å²) in [5.41, 5.74) is 2.96. The van der Waals surface area contributed by atoms with Gasteiger partial charge in [-0.2, -0.15) is 13.5 Å². The van der Waals surface area contributed by atoms with Crippen molar-refractivity contribution in [2.45, 2.75) is 18.4 Å². The Bertz CT molecular complexity index is 1500. The van der Waals surface area contributed by atoms with Gasteiger partial charge in [-0.1, -0.05) is 29.3 Å². The molecule has 0 bridgehead atoms. The van der Waals surface area contributed by atoms with Crippen LogP contribution in [0.5, 0.6) is 5.75 Å². The lowest BCUT2D eigenvalue weighted by Gasteiger charge is -2.08. The molecule has 1 heterocycles. The number of hydrazone groups is 1. The normalized spacial score (nSPS) is 11.6. The highest BCUT2D eigenvalue weighted by molar-refractivity contribution is 7.89. The van der Waals surface area contributed by atoms with Crippen molar-refractivity contribution in [1.82, 2.24) is 9.40 Å². The van der Waals surface area contributed by atoms with E-state index in [9.17, 15) is 13.2 Å². The van der Waals surface area contributed by atoms with Crippen LogP contribution in [0.2, 0.25) is 5.02 Å². The van der Waals surface area contributed by atoms with E-state index in [2.05, 4.69) is 15.2 Å². The number of anilines is 1. The average molecular weight is 511 g/mol. The molecule has 8 nitrogen and oxygen atoms in total. The summed E-state index contributed by atoms with van der Waals surface area (Å²) in [6, 6.07) is 18.7. The number of aryl methyl sites for hydroxylation is 1. The fourth-order valence-corrected chi connectivity index (χ4v) is 4.41. The molecule has 0 aliphatic rings. The molecule has 4 rings (SSSR count). The zero-order chi connectivity index (χ0) is 25.0. The van der Waals surface area contributed by atoms with E-state index in [4.69, 9.17) is 16.3 Å². The second-order valence-corrected chi connectivity index (χ2v) is 9.91. The Kier molecular flexibility index (Phi) is 7.09. The van der Waals surface area contributed by atoms with E-state index in [1.165, 1.54) is 18.3 Å². The largest absolute Gasteiger partial charge is 0.497 e. The maximum atomic E-state index is 12.7. The van der Waals surface area contributed by atoms with Gasteiger partial charge < -0.3 is 14.6 Å². The van der Waals surface area contributed by atoms with E-state index in [0.29, 0.717) is 22.0 Å². The first-order valence-corrected chi connectivity index (χ1v) is 12.4. The Balaban J connectivity index is 1.58. The van der Waals surface area contributed by atoms with E-state index in [-0.39, 0.29) is 17.3 Å². The van der Waals surface area contributed by atoms with Gasteiger partial charge in [-0.25, -0.2) is 4.83 Å². The maximum Gasteiger partial charge on any atom is 0.276 e. The molecule has 3 aromatic carbocycles. The van der Waals surface area contributed by atoms with Crippen LogP contribution in [0.15, 0.2) is 82.9 Å². The quantitative estimate of drug-likeness (QED) is 0.268. The van der Waals surface area contributed by atoms with Crippen LogP contribution in [0.4, 0.5) is 5.69 Å². The maximum absolute atomic E-state index is 12.7. The minimum atomic E-state index is -3.82. The molecule has 35 heavy (non-hydrogen) atoms. The van der Waals surface area contributed by atoms with E-state index in [1.54, 1.807) is 66.4 Å². The molecule has 0 radical (unpaired) electrons. The predicted octanol–water partition coefficient (Wildman–Crippen LogP) is 4.56. The molecule has 10 heteroatoms. The van der Waals surface area contributed by atoms with Crippen molar-refractivity contribution in [2.24, 2.45) is 5.10 Å². The summed E-state index contributed by atoms with van der Waals surface area (Å²) in [6.07, 6.45) is 3.14. The number of halogens is 1. The van der Waals surface area contributed by atoms with E-state index in [1.807, 2.05) is 13.0 Å². The fraction of sp³-hybridized carbons (Fsp3) is 0.120. The van der Waals surface area contributed by atoms with E-state index < -0.39 is 10.0 Å². The Morgan fingerprint density at radius 3 is 2.49 bits per heavy atom. The summed E-state index contributed by atoms with van der Waals surface area (Å²) in [6.45, 7) is 1.91. The summed E-state index contributed by atoms with van der Waals surface area (Å²) in [5.74, 6) is 0.388. The number of benzene rings is 3. The average Bonchev–Trinajstić information content (AvgIpc) is 3.17. The minimum absolute atomic E-state index is 0.0361. The molecular formula is C25H23ClN4O4S. The smallest absolute Gasteiger partial charge is 0.276 e. The van der Waals surface area contributed by atoms with Gasteiger partial charge in [0.15, 0.2) is 0 Å². The Labute approximate surface area is 208 Å². The van der Waals surface area contributed by atoms with Crippen LogP contribution in [0, 0.1) is 6.92 Å². The van der Waals surface area contributed by atoms with Crippen molar-refractivity contribution < 1.29 is 17.9 Å². The van der Waals surface area contributed by atoms with Crippen molar-refractivity contribution in [2.75, 3.05) is 12.4 Å². The molecule has 1 aromatic heterocycles. The lowest BCUT2D eigenvalue weighted by atomic mass is 10.2. The zero-order valence-electron chi connectivity index (χ0n) is 19.0. The molecule has 0 atom stereocenters. The predicted molar refractivity (Wildman–Crippen MR) is 138 cm³/mol. The van der Waals surface area contributed by atoms with Crippen molar-refractivity contribution >= 4 is 50.3 Å². The van der Waals surface area contributed by atoms with Crippen LogP contribution in [0.3, 0.4) is 0 Å². The van der Waals surface area contributed by atoms with Gasteiger partial charge in [0.25, 0.3) is 10.0 Å². The van der Waals surface area contributed by atoms with Crippen LogP contribution in [0.1, 0.15) is 11.1 Å². The number of rotatable bonds is 8. The van der Waals surface area contributed by atoms with Crippen molar-refractivity contribution in [1.29, 1.82) is 0 Å². The molecule has 2 N–H and O–H groups in total. The number of ether oxygens (including phenoxy) is 1. The molecule has 0 saturated heterocycles. The monoisotopic (exact) mass is 510 g/mol. The third-order valence-corrected chi connectivity index (χ3v) is 6.76. The number of aromatic nitrogens is 1. The SMILES string of the molecule is COc1ccc2c(c1)c(/C=N\NS(=O)(=O)c1ccc(C)cc1)cn2CC(=O)Nc1ccc(Cl)cc1. The highest BCUT2D eigenvalue weighted by Crippen LogP contribution is 2.25. The lowest BCUT2D eigenvalue weighted by molar-refractivity contribution is -0.116. The summed E-state index contributed by atoms with van der Waals surface area (Å²) < 4.78 is 32.2. The Morgan fingerprint density at radius 1 is 1.09 bits per heavy atom. The zero-order valence-corrected chi connectivity index (χ0v) is 20.6. The second-order valence-electron chi connectivity index (χ2n) is 7.82. The fourth-order valence-electron chi connectivity index (χ4n) is 3.49. The molecule has 180 valence electrons. The number of hydrogen-bond donors (Lipinski definition) is 2.